The van der Waals surface area contributed by atoms with Gasteiger partial charge in [-0.05, 0) is 62.0 Å². The molecule has 5 rings (SSSR count). The minimum atomic E-state index is 0.296. The molecular formula is C29H37N5O2. The number of carbonyl (C=O) groups excluding carboxylic acids is 1. The number of para-hydroxylation sites is 2. The molecule has 2 aliphatic rings. The van der Waals surface area contributed by atoms with E-state index in [4.69, 9.17) is 4.52 Å². The van der Waals surface area contributed by atoms with Crippen LogP contribution in [0.1, 0.15) is 24.3 Å². The Balaban J connectivity index is 1.13. The monoisotopic (exact) mass is 487 g/mol. The Bertz CT molecular complexity index is 1100. The lowest BCUT2D eigenvalue weighted by molar-refractivity contribution is -0.133. The number of piperazine rings is 1. The van der Waals surface area contributed by atoms with Gasteiger partial charge in [0.05, 0.1) is 12.2 Å². The summed E-state index contributed by atoms with van der Waals surface area (Å²) in [5, 5.41) is 7.89. The molecule has 3 aromatic rings. The fraction of sp³-hybridized carbons (Fsp3) is 0.448. The summed E-state index contributed by atoms with van der Waals surface area (Å²) in [7, 11) is 2.06. The minimum absolute atomic E-state index is 0.296. The maximum absolute atomic E-state index is 13.2. The minimum Gasteiger partial charge on any atom is -0.368 e. The normalized spacial score (nSPS) is 20.4. The number of benzene rings is 2. The van der Waals surface area contributed by atoms with Crippen molar-refractivity contribution in [3.05, 3.63) is 78.2 Å². The molecule has 2 atom stereocenters. The van der Waals surface area contributed by atoms with Gasteiger partial charge < -0.3 is 24.5 Å². The van der Waals surface area contributed by atoms with Crippen LogP contribution in [-0.4, -0.2) is 62.3 Å². The van der Waals surface area contributed by atoms with Gasteiger partial charge in [0, 0.05) is 57.1 Å². The maximum Gasteiger partial charge on any atom is 0.222 e. The van der Waals surface area contributed by atoms with E-state index in [0.29, 0.717) is 30.7 Å². The number of rotatable bonds is 8. The van der Waals surface area contributed by atoms with Gasteiger partial charge in [-0.15, -0.1) is 0 Å². The summed E-state index contributed by atoms with van der Waals surface area (Å²) in [5.74, 6) is 1.92. The molecule has 0 radical (unpaired) electrons. The highest BCUT2D eigenvalue weighted by Crippen LogP contribution is 2.28. The molecule has 190 valence electrons. The van der Waals surface area contributed by atoms with Crippen LogP contribution in [0.4, 0.5) is 11.4 Å². The van der Waals surface area contributed by atoms with Gasteiger partial charge in [0.2, 0.25) is 5.91 Å². The van der Waals surface area contributed by atoms with Gasteiger partial charge >= 0.3 is 0 Å². The zero-order chi connectivity index (χ0) is 24.7. The van der Waals surface area contributed by atoms with E-state index in [2.05, 4.69) is 74.7 Å². The van der Waals surface area contributed by atoms with E-state index in [0.717, 1.165) is 69.3 Å². The van der Waals surface area contributed by atoms with Crippen LogP contribution in [0.3, 0.4) is 0 Å². The smallest absolute Gasteiger partial charge is 0.222 e. The fourth-order valence-corrected chi connectivity index (χ4v) is 5.49. The quantitative estimate of drug-likeness (QED) is 0.521. The number of hydrogen-bond donors (Lipinski definition) is 1. The Labute approximate surface area is 214 Å². The van der Waals surface area contributed by atoms with Crippen molar-refractivity contribution in [1.82, 2.24) is 15.4 Å². The van der Waals surface area contributed by atoms with Gasteiger partial charge in [0.25, 0.3) is 0 Å². The zero-order valence-electron chi connectivity index (χ0n) is 21.2. The Kier molecular flexibility index (Phi) is 7.86. The predicted octanol–water partition coefficient (Wildman–Crippen LogP) is 3.82. The van der Waals surface area contributed by atoms with Crippen LogP contribution >= 0.6 is 0 Å². The van der Waals surface area contributed by atoms with Crippen LogP contribution < -0.4 is 15.1 Å². The molecule has 0 unspecified atom stereocenters. The number of piperidine rings is 1. The molecular weight excluding hydrogens is 450 g/mol. The van der Waals surface area contributed by atoms with E-state index in [1.54, 1.807) is 0 Å². The first-order valence-electron chi connectivity index (χ1n) is 13.1. The zero-order valence-corrected chi connectivity index (χ0v) is 21.2. The first-order chi connectivity index (χ1) is 17.7. The largest absolute Gasteiger partial charge is 0.368 e. The van der Waals surface area contributed by atoms with E-state index in [1.807, 2.05) is 24.3 Å². The molecule has 1 N–H and O–H groups in total. The summed E-state index contributed by atoms with van der Waals surface area (Å²) in [6.45, 7) is 5.95. The lowest BCUT2D eigenvalue weighted by Crippen LogP contribution is -2.50. The van der Waals surface area contributed by atoms with Crippen molar-refractivity contribution in [2.24, 2.45) is 11.8 Å². The van der Waals surface area contributed by atoms with Crippen LogP contribution in [0.2, 0.25) is 0 Å². The molecule has 7 nitrogen and oxygen atoms in total. The number of hydrogen-bond acceptors (Lipinski definition) is 6. The van der Waals surface area contributed by atoms with E-state index in [-0.39, 0.29) is 0 Å². The van der Waals surface area contributed by atoms with Gasteiger partial charge in [-0.3, -0.25) is 4.79 Å². The molecule has 2 aliphatic heterocycles. The Morgan fingerprint density at radius 3 is 2.50 bits per heavy atom. The van der Waals surface area contributed by atoms with Crippen molar-refractivity contribution in [3.8, 4) is 0 Å². The molecule has 0 saturated carbocycles. The molecule has 1 amide bonds. The molecule has 2 aromatic carbocycles. The Hall–Kier alpha value is -3.32. The van der Waals surface area contributed by atoms with Crippen molar-refractivity contribution in [2.45, 2.75) is 25.8 Å². The molecule has 36 heavy (non-hydrogen) atoms. The van der Waals surface area contributed by atoms with Gasteiger partial charge in [0.1, 0.15) is 0 Å². The van der Waals surface area contributed by atoms with Crippen LogP contribution in [0.25, 0.3) is 0 Å². The maximum atomic E-state index is 13.2. The van der Waals surface area contributed by atoms with Crippen LogP contribution in [0.15, 0.2) is 71.3 Å². The van der Waals surface area contributed by atoms with E-state index in [1.165, 1.54) is 5.69 Å². The molecule has 0 bridgehead atoms. The Morgan fingerprint density at radius 2 is 1.75 bits per heavy atom. The number of anilines is 2. The highest BCUT2D eigenvalue weighted by Gasteiger charge is 2.30. The molecule has 2 fully saturated rings. The average molecular weight is 488 g/mol. The van der Waals surface area contributed by atoms with Crippen LogP contribution in [0.5, 0.6) is 0 Å². The third-order valence-electron chi connectivity index (χ3n) is 7.62. The van der Waals surface area contributed by atoms with E-state index in [9.17, 15) is 4.79 Å². The number of aromatic nitrogens is 1. The first kappa shape index (κ1) is 24.4. The number of carbonyl (C=O) groups is 1. The highest BCUT2D eigenvalue weighted by atomic mass is 16.5. The fourth-order valence-electron chi connectivity index (χ4n) is 5.49. The van der Waals surface area contributed by atoms with Gasteiger partial charge in [0.15, 0.2) is 5.76 Å². The lowest BCUT2D eigenvalue weighted by atomic mass is 9.81. The Morgan fingerprint density at radius 1 is 1.03 bits per heavy atom. The van der Waals surface area contributed by atoms with Gasteiger partial charge in [-0.1, -0.05) is 41.6 Å². The van der Waals surface area contributed by atoms with Crippen molar-refractivity contribution in [2.75, 3.05) is 56.1 Å². The SMILES string of the molecule is CN(Cc1cc(C[C@@H]2CNCC[C@H]2CC(=O)N2CCN(c3ccccc3)CC2)no1)c1ccccc1. The predicted molar refractivity (Wildman–Crippen MR) is 143 cm³/mol. The summed E-state index contributed by atoms with van der Waals surface area (Å²) >= 11 is 0. The average Bonchev–Trinajstić information content (AvgIpc) is 3.37. The number of amides is 1. The van der Waals surface area contributed by atoms with Crippen molar-refractivity contribution >= 4 is 17.3 Å². The number of nitrogens with one attached hydrogen (secondary N) is 1. The van der Waals surface area contributed by atoms with E-state index < -0.39 is 0 Å². The van der Waals surface area contributed by atoms with E-state index >= 15 is 0 Å². The third-order valence-corrected chi connectivity index (χ3v) is 7.62. The van der Waals surface area contributed by atoms with Crippen molar-refractivity contribution < 1.29 is 9.32 Å². The summed E-state index contributed by atoms with van der Waals surface area (Å²) in [6.07, 6.45) is 2.49. The van der Waals surface area contributed by atoms with Crippen LogP contribution in [-0.2, 0) is 17.8 Å². The van der Waals surface area contributed by atoms with Crippen molar-refractivity contribution in [3.63, 3.8) is 0 Å². The van der Waals surface area contributed by atoms with Gasteiger partial charge in [-0.25, -0.2) is 0 Å². The molecule has 7 heteroatoms. The molecule has 0 spiro atoms. The molecule has 2 saturated heterocycles. The second kappa shape index (κ2) is 11.6. The first-order valence-corrected chi connectivity index (χ1v) is 13.1. The standard InChI is InChI=1S/C29H37N5O2/c1-32(26-8-4-2-5-9-26)22-28-20-25(31-36-28)18-24-21-30-13-12-23(24)19-29(35)34-16-14-33(15-17-34)27-10-6-3-7-11-27/h2-11,20,23-24,30H,12-19,21-22H2,1H3/t23-,24+/m0/s1. The molecule has 1 aromatic heterocycles. The topological polar surface area (TPSA) is 64.9 Å². The second-order valence-electron chi connectivity index (χ2n) is 10.1. The summed E-state index contributed by atoms with van der Waals surface area (Å²) in [5.41, 5.74) is 3.37. The van der Waals surface area contributed by atoms with Crippen LogP contribution in [0, 0.1) is 11.8 Å². The number of nitrogens with zero attached hydrogens (tertiary/aromatic N) is 4. The van der Waals surface area contributed by atoms with Gasteiger partial charge in [-0.2, -0.15) is 0 Å². The van der Waals surface area contributed by atoms with Crippen molar-refractivity contribution in [1.29, 1.82) is 0 Å². The third kappa shape index (κ3) is 6.08. The highest BCUT2D eigenvalue weighted by molar-refractivity contribution is 5.77. The lowest BCUT2D eigenvalue weighted by Gasteiger charge is -2.38. The summed E-state index contributed by atoms with van der Waals surface area (Å²) < 4.78 is 5.66. The second-order valence-corrected chi connectivity index (χ2v) is 10.1. The summed E-state index contributed by atoms with van der Waals surface area (Å²) in [4.78, 5) is 19.8. The molecule has 3 heterocycles. The summed E-state index contributed by atoms with van der Waals surface area (Å²) in [6, 6.07) is 22.8. The molecule has 0 aliphatic carbocycles.